The topological polar surface area (TPSA) is 54.5 Å². The highest BCUT2D eigenvalue weighted by Crippen LogP contribution is 2.35. The fourth-order valence-corrected chi connectivity index (χ4v) is 3.04. The predicted molar refractivity (Wildman–Crippen MR) is 103 cm³/mol. The summed E-state index contributed by atoms with van der Waals surface area (Å²) in [5, 5.41) is 14.9. The van der Waals surface area contributed by atoms with E-state index in [-0.39, 0.29) is 0 Å². The van der Waals surface area contributed by atoms with Gasteiger partial charge in [0, 0.05) is 11.1 Å². The van der Waals surface area contributed by atoms with Crippen LogP contribution in [0.15, 0.2) is 84.9 Å². The Labute approximate surface area is 152 Å². The highest BCUT2D eigenvalue weighted by molar-refractivity contribution is 6.03. The summed E-state index contributed by atoms with van der Waals surface area (Å²) in [6.45, 7) is 2.09. The van der Waals surface area contributed by atoms with Crippen molar-refractivity contribution in [3.8, 4) is 0 Å². The van der Waals surface area contributed by atoms with Crippen LogP contribution in [0, 0.1) is 6.92 Å². The minimum atomic E-state index is 0.579. The first kappa shape index (κ1) is 16.0. The molecule has 4 nitrogen and oxygen atoms in total. The van der Waals surface area contributed by atoms with Crippen LogP contribution in [0.25, 0.3) is 11.1 Å². The maximum absolute atomic E-state index is 4.28. The van der Waals surface area contributed by atoms with Crippen molar-refractivity contribution in [1.82, 2.24) is 20.6 Å². The van der Waals surface area contributed by atoms with E-state index in [1.807, 2.05) is 36.4 Å². The van der Waals surface area contributed by atoms with Gasteiger partial charge in [0.05, 0.1) is 0 Å². The van der Waals surface area contributed by atoms with Gasteiger partial charge in [0.15, 0.2) is 0 Å². The summed E-state index contributed by atoms with van der Waals surface area (Å²) in [5.41, 5.74) is 6.54. The molecule has 0 unspecified atom stereocenters. The Morgan fingerprint density at radius 1 is 0.654 bits per heavy atom. The van der Waals surface area contributed by atoms with E-state index < -0.39 is 0 Å². The van der Waals surface area contributed by atoms with Gasteiger partial charge < -0.3 is 0 Å². The Bertz CT molecular complexity index is 1000. The minimum absolute atomic E-state index is 0.579. The molecular weight excluding hydrogens is 320 g/mol. The van der Waals surface area contributed by atoms with Crippen molar-refractivity contribution in [1.29, 1.82) is 0 Å². The number of H-pyrrole nitrogens is 1. The summed E-state index contributed by atoms with van der Waals surface area (Å²) in [7, 11) is 0. The van der Waals surface area contributed by atoms with Gasteiger partial charge in [-0.15, -0.1) is 10.2 Å². The normalized spacial score (nSPS) is 11.9. The SMILES string of the molecule is Cc1ccc(C(=C(c2ccccc2)c2nn[nH]n2)c2ccccc2)cc1. The molecule has 0 aliphatic rings. The number of nitrogens with one attached hydrogen (secondary N) is 1. The first-order valence-corrected chi connectivity index (χ1v) is 8.49. The van der Waals surface area contributed by atoms with Gasteiger partial charge >= 0.3 is 0 Å². The lowest BCUT2D eigenvalue weighted by molar-refractivity contribution is 0.881. The van der Waals surface area contributed by atoms with Crippen molar-refractivity contribution >= 4 is 11.1 Å². The summed E-state index contributed by atoms with van der Waals surface area (Å²) < 4.78 is 0. The summed E-state index contributed by atoms with van der Waals surface area (Å²) in [6, 6.07) is 29.0. The summed E-state index contributed by atoms with van der Waals surface area (Å²) in [5.74, 6) is 0.579. The molecule has 26 heavy (non-hydrogen) atoms. The zero-order valence-electron chi connectivity index (χ0n) is 14.4. The first-order chi connectivity index (χ1) is 12.8. The zero-order valence-corrected chi connectivity index (χ0v) is 14.4. The van der Waals surface area contributed by atoms with Crippen LogP contribution >= 0.6 is 0 Å². The van der Waals surface area contributed by atoms with E-state index in [4.69, 9.17) is 0 Å². The lowest BCUT2D eigenvalue weighted by Crippen LogP contribution is -1.99. The second kappa shape index (κ2) is 7.15. The molecule has 0 amide bonds. The van der Waals surface area contributed by atoms with Crippen molar-refractivity contribution in [3.05, 3.63) is 113 Å². The standard InChI is InChI=1S/C22H18N4/c1-16-12-14-19(15-13-16)20(17-8-4-2-5-9-17)21(22-23-25-26-24-22)18-10-6-3-7-11-18/h2-15H,1H3,(H,23,24,25,26). The molecule has 4 heteroatoms. The molecule has 0 radical (unpaired) electrons. The predicted octanol–water partition coefficient (Wildman–Crippen LogP) is 4.52. The van der Waals surface area contributed by atoms with E-state index in [1.165, 1.54) is 5.56 Å². The third-order valence-corrected chi connectivity index (χ3v) is 4.28. The second-order valence-electron chi connectivity index (χ2n) is 6.08. The van der Waals surface area contributed by atoms with Crippen LogP contribution in [-0.2, 0) is 0 Å². The summed E-state index contributed by atoms with van der Waals surface area (Å²) >= 11 is 0. The fourth-order valence-electron chi connectivity index (χ4n) is 3.04. The highest BCUT2D eigenvalue weighted by atomic mass is 15.5. The molecular formula is C22H18N4. The van der Waals surface area contributed by atoms with E-state index in [1.54, 1.807) is 0 Å². The lowest BCUT2D eigenvalue weighted by Gasteiger charge is -2.15. The second-order valence-corrected chi connectivity index (χ2v) is 6.08. The van der Waals surface area contributed by atoms with Gasteiger partial charge in [-0.3, -0.25) is 0 Å². The van der Waals surface area contributed by atoms with Gasteiger partial charge in [-0.2, -0.15) is 5.21 Å². The molecule has 1 heterocycles. The molecule has 4 rings (SSSR count). The molecule has 0 aliphatic carbocycles. The van der Waals surface area contributed by atoms with Crippen LogP contribution < -0.4 is 0 Å². The third-order valence-electron chi connectivity index (χ3n) is 4.28. The summed E-state index contributed by atoms with van der Waals surface area (Å²) in [4.78, 5) is 0. The van der Waals surface area contributed by atoms with E-state index in [9.17, 15) is 0 Å². The van der Waals surface area contributed by atoms with Crippen LogP contribution in [0.2, 0.25) is 0 Å². The monoisotopic (exact) mass is 338 g/mol. The van der Waals surface area contributed by atoms with Crippen LogP contribution in [-0.4, -0.2) is 20.6 Å². The number of aromatic nitrogens is 4. The maximum Gasteiger partial charge on any atom is 0.205 e. The van der Waals surface area contributed by atoms with Crippen molar-refractivity contribution in [3.63, 3.8) is 0 Å². The van der Waals surface area contributed by atoms with Crippen LogP contribution in [0.5, 0.6) is 0 Å². The average molecular weight is 338 g/mol. The summed E-state index contributed by atoms with van der Waals surface area (Å²) in [6.07, 6.45) is 0. The van der Waals surface area contributed by atoms with Crippen molar-refractivity contribution in [2.24, 2.45) is 0 Å². The quantitative estimate of drug-likeness (QED) is 0.557. The molecule has 4 aromatic rings. The van der Waals surface area contributed by atoms with Gasteiger partial charge in [0.25, 0.3) is 0 Å². The molecule has 3 aromatic carbocycles. The number of aryl methyl sites for hydroxylation is 1. The smallest absolute Gasteiger partial charge is 0.177 e. The van der Waals surface area contributed by atoms with E-state index >= 15 is 0 Å². The first-order valence-electron chi connectivity index (χ1n) is 8.49. The van der Waals surface area contributed by atoms with E-state index in [0.29, 0.717) is 5.82 Å². The number of hydrogen-bond donors (Lipinski definition) is 1. The molecule has 0 saturated heterocycles. The molecule has 0 fully saturated rings. The van der Waals surface area contributed by atoms with Crippen LogP contribution in [0.3, 0.4) is 0 Å². The number of hydrogen-bond acceptors (Lipinski definition) is 3. The molecule has 0 spiro atoms. The Morgan fingerprint density at radius 2 is 1.19 bits per heavy atom. The molecule has 126 valence electrons. The van der Waals surface area contributed by atoms with Crippen molar-refractivity contribution < 1.29 is 0 Å². The average Bonchev–Trinajstić information content (AvgIpc) is 3.22. The van der Waals surface area contributed by atoms with Gasteiger partial charge in [-0.25, -0.2) is 0 Å². The number of tetrazole rings is 1. The Balaban J connectivity index is 2.07. The molecule has 0 atom stereocenters. The van der Waals surface area contributed by atoms with E-state index in [2.05, 4.69) is 76.1 Å². The Hall–Kier alpha value is -3.53. The maximum atomic E-state index is 4.28. The van der Waals surface area contributed by atoms with Gasteiger partial charge in [-0.1, -0.05) is 90.5 Å². The number of benzene rings is 3. The highest BCUT2D eigenvalue weighted by Gasteiger charge is 2.18. The molecule has 1 aromatic heterocycles. The van der Waals surface area contributed by atoms with Crippen LogP contribution in [0.4, 0.5) is 0 Å². The largest absolute Gasteiger partial charge is 0.205 e. The number of aromatic amines is 1. The van der Waals surface area contributed by atoms with E-state index in [0.717, 1.165) is 27.8 Å². The number of nitrogens with zero attached hydrogens (tertiary/aromatic N) is 3. The zero-order chi connectivity index (χ0) is 17.8. The van der Waals surface area contributed by atoms with Crippen molar-refractivity contribution in [2.75, 3.05) is 0 Å². The van der Waals surface area contributed by atoms with Crippen molar-refractivity contribution in [2.45, 2.75) is 6.92 Å². The molecule has 0 aliphatic heterocycles. The van der Waals surface area contributed by atoms with Gasteiger partial charge in [0.1, 0.15) is 0 Å². The Morgan fingerprint density at radius 3 is 1.73 bits per heavy atom. The van der Waals surface area contributed by atoms with Gasteiger partial charge in [-0.05, 0) is 28.8 Å². The minimum Gasteiger partial charge on any atom is -0.177 e. The fraction of sp³-hybridized carbons (Fsp3) is 0.0455. The third kappa shape index (κ3) is 3.17. The van der Waals surface area contributed by atoms with Gasteiger partial charge in [0.2, 0.25) is 5.82 Å². The van der Waals surface area contributed by atoms with Crippen LogP contribution in [0.1, 0.15) is 28.1 Å². The Kier molecular flexibility index (Phi) is 4.39. The molecule has 0 saturated carbocycles. The number of rotatable bonds is 4. The molecule has 1 N–H and O–H groups in total. The molecule has 0 bridgehead atoms. The lowest BCUT2D eigenvalue weighted by atomic mass is 9.89.